The first-order valence-corrected chi connectivity index (χ1v) is 7.40. The van der Waals surface area contributed by atoms with Gasteiger partial charge in [-0.1, -0.05) is 43.1 Å². The second-order valence-electron chi connectivity index (χ2n) is 5.89. The van der Waals surface area contributed by atoms with Crippen molar-refractivity contribution >= 4 is 23.2 Å². The topological polar surface area (TPSA) is 26.0 Å². The summed E-state index contributed by atoms with van der Waals surface area (Å²) < 4.78 is 0. The van der Waals surface area contributed by atoms with Gasteiger partial charge < -0.3 is 5.73 Å². The predicted molar refractivity (Wildman–Crippen MR) is 79.3 cm³/mol. The Balaban J connectivity index is 2.22. The molecule has 1 aromatic rings. The Kier molecular flexibility index (Phi) is 4.25. The zero-order valence-electron chi connectivity index (χ0n) is 11.0. The lowest BCUT2D eigenvalue weighted by Gasteiger charge is -2.42. The van der Waals surface area contributed by atoms with Crippen molar-refractivity contribution in [2.24, 2.45) is 17.6 Å². The molecule has 100 valence electrons. The molecule has 0 saturated heterocycles. The van der Waals surface area contributed by atoms with Crippen molar-refractivity contribution in [1.82, 2.24) is 0 Å². The molecule has 3 heteroatoms. The van der Waals surface area contributed by atoms with Gasteiger partial charge in [-0.25, -0.2) is 0 Å². The van der Waals surface area contributed by atoms with Crippen LogP contribution in [0.3, 0.4) is 0 Å². The summed E-state index contributed by atoms with van der Waals surface area (Å²) >= 11 is 12.5. The lowest BCUT2D eigenvalue weighted by molar-refractivity contribution is 0.163. The zero-order valence-corrected chi connectivity index (χ0v) is 12.6. The van der Waals surface area contributed by atoms with Gasteiger partial charge in [0.1, 0.15) is 0 Å². The number of nitrogens with two attached hydrogens (primary N) is 1. The van der Waals surface area contributed by atoms with Crippen LogP contribution in [0.4, 0.5) is 0 Å². The van der Waals surface area contributed by atoms with Crippen molar-refractivity contribution in [3.8, 4) is 0 Å². The standard InChI is InChI=1S/C15H21Cl2N/c1-10-6-7-15(18,11(2)8-10)9-12-13(16)4-3-5-14(12)17/h3-5,10-11H,6-9,18H2,1-2H3. The fourth-order valence-corrected chi connectivity index (χ4v) is 3.54. The Morgan fingerprint density at radius 2 is 1.89 bits per heavy atom. The molecule has 0 aromatic heterocycles. The van der Waals surface area contributed by atoms with E-state index >= 15 is 0 Å². The maximum Gasteiger partial charge on any atom is 0.0453 e. The molecular weight excluding hydrogens is 265 g/mol. The Labute approximate surface area is 120 Å². The number of hydrogen-bond acceptors (Lipinski definition) is 1. The molecule has 0 aliphatic heterocycles. The lowest BCUT2D eigenvalue weighted by atomic mass is 9.68. The average Bonchev–Trinajstić information content (AvgIpc) is 2.30. The van der Waals surface area contributed by atoms with Crippen molar-refractivity contribution in [3.05, 3.63) is 33.8 Å². The number of hydrogen-bond donors (Lipinski definition) is 1. The van der Waals surface area contributed by atoms with Gasteiger partial charge in [0.2, 0.25) is 0 Å². The van der Waals surface area contributed by atoms with Crippen LogP contribution in [0.5, 0.6) is 0 Å². The highest BCUT2D eigenvalue weighted by atomic mass is 35.5. The van der Waals surface area contributed by atoms with E-state index in [1.807, 2.05) is 18.2 Å². The molecule has 0 radical (unpaired) electrons. The second kappa shape index (κ2) is 5.40. The van der Waals surface area contributed by atoms with Crippen LogP contribution in [0.25, 0.3) is 0 Å². The minimum Gasteiger partial charge on any atom is -0.325 e. The van der Waals surface area contributed by atoms with Crippen LogP contribution < -0.4 is 5.73 Å². The molecule has 3 unspecified atom stereocenters. The van der Waals surface area contributed by atoms with E-state index in [0.29, 0.717) is 5.92 Å². The molecule has 1 saturated carbocycles. The summed E-state index contributed by atoms with van der Waals surface area (Å²) in [6, 6.07) is 5.66. The molecule has 1 fully saturated rings. The quantitative estimate of drug-likeness (QED) is 0.838. The van der Waals surface area contributed by atoms with Crippen molar-refractivity contribution in [3.63, 3.8) is 0 Å². The van der Waals surface area contributed by atoms with Gasteiger partial charge in [-0.05, 0) is 55.2 Å². The summed E-state index contributed by atoms with van der Waals surface area (Å²) in [6.45, 7) is 4.55. The van der Waals surface area contributed by atoms with E-state index in [-0.39, 0.29) is 5.54 Å². The highest BCUT2D eigenvalue weighted by Gasteiger charge is 2.37. The Bertz CT molecular complexity index is 412. The third-order valence-corrected chi connectivity index (χ3v) is 5.12. The fraction of sp³-hybridized carbons (Fsp3) is 0.600. The second-order valence-corrected chi connectivity index (χ2v) is 6.71. The largest absolute Gasteiger partial charge is 0.325 e. The van der Waals surface area contributed by atoms with Gasteiger partial charge in [0.05, 0.1) is 0 Å². The molecule has 1 nitrogen and oxygen atoms in total. The molecule has 3 atom stereocenters. The van der Waals surface area contributed by atoms with Crippen LogP contribution in [-0.4, -0.2) is 5.54 Å². The molecule has 1 aromatic carbocycles. The summed E-state index contributed by atoms with van der Waals surface area (Å²) in [4.78, 5) is 0. The third kappa shape index (κ3) is 2.84. The van der Waals surface area contributed by atoms with Crippen molar-refractivity contribution < 1.29 is 0 Å². The molecule has 1 aliphatic carbocycles. The first-order valence-electron chi connectivity index (χ1n) is 6.64. The number of halogens is 2. The van der Waals surface area contributed by atoms with Gasteiger partial charge >= 0.3 is 0 Å². The molecule has 2 N–H and O–H groups in total. The molecule has 1 aliphatic rings. The van der Waals surface area contributed by atoms with Gasteiger partial charge in [0.15, 0.2) is 0 Å². The zero-order chi connectivity index (χ0) is 13.3. The smallest absolute Gasteiger partial charge is 0.0453 e. The first kappa shape index (κ1) is 14.2. The van der Waals surface area contributed by atoms with Gasteiger partial charge in [-0.15, -0.1) is 0 Å². The van der Waals surface area contributed by atoms with Crippen LogP contribution in [0.15, 0.2) is 18.2 Å². The van der Waals surface area contributed by atoms with E-state index in [2.05, 4.69) is 13.8 Å². The maximum absolute atomic E-state index is 6.62. The van der Waals surface area contributed by atoms with Gasteiger partial charge in [-0.3, -0.25) is 0 Å². The van der Waals surface area contributed by atoms with E-state index in [4.69, 9.17) is 28.9 Å². The third-order valence-electron chi connectivity index (χ3n) is 4.41. The van der Waals surface area contributed by atoms with Crippen molar-refractivity contribution in [1.29, 1.82) is 0 Å². The van der Waals surface area contributed by atoms with Crippen LogP contribution >= 0.6 is 23.2 Å². The van der Waals surface area contributed by atoms with Gasteiger partial charge in [-0.2, -0.15) is 0 Å². The molecule has 2 rings (SSSR count). The Hall–Kier alpha value is -0.240. The molecule has 0 spiro atoms. The molecule has 0 heterocycles. The summed E-state index contributed by atoms with van der Waals surface area (Å²) in [5.74, 6) is 1.28. The van der Waals surface area contributed by atoms with Gasteiger partial charge in [0.25, 0.3) is 0 Å². The highest BCUT2D eigenvalue weighted by Crippen LogP contribution is 2.39. The highest BCUT2D eigenvalue weighted by molar-refractivity contribution is 6.36. The van der Waals surface area contributed by atoms with Gasteiger partial charge in [0, 0.05) is 15.6 Å². The van der Waals surface area contributed by atoms with E-state index in [0.717, 1.165) is 34.4 Å². The van der Waals surface area contributed by atoms with Crippen LogP contribution in [-0.2, 0) is 6.42 Å². The van der Waals surface area contributed by atoms with E-state index in [9.17, 15) is 0 Å². The lowest BCUT2D eigenvalue weighted by Crippen LogP contribution is -2.51. The van der Waals surface area contributed by atoms with E-state index in [1.54, 1.807) is 0 Å². The minimum absolute atomic E-state index is 0.166. The van der Waals surface area contributed by atoms with Crippen LogP contribution in [0.1, 0.15) is 38.7 Å². The normalized spacial score (nSPS) is 32.5. The molecule has 0 amide bonds. The number of rotatable bonds is 2. The van der Waals surface area contributed by atoms with Crippen LogP contribution in [0, 0.1) is 11.8 Å². The molecular formula is C15H21Cl2N. The molecule has 0 bridgehead atoms. The van der Waals surface area contributed by atoms with E-state index < -0.39 is 0 Å². The van der Waals surface area contributed by atoms with Crippen molar-refractivity contribution in [2.45, 2.75) is 45.1 Å². The summed E-state index contributed by atoms with van der Waals surface area (Å²) in [5.41, 5.74) is 7.46. The van der Waals surface area contributed by atoms with Crippen molar-refractivity contribution in [2.75, 3.05) is 0 Å². The number of benzene rings is 1. The minimum atomic E-state index is -0.166. The predicted octanol–water partition coefficient (Wildman–Crippen LogP) is 4.69. The summed E-state index contributed by atoms with van der Waals surface area (Å²) in [5, 5.41) is 1.47. The first-order chi connectivity index (χ1) is 8.42. The monoisotopic (exact) mass is 285 g/mol. The van der Waals surface area contributed by atoms with Crippen LogP contribution in [0.2, 0.25) is 10.0 Å². The maximum atomic E-state index is 6.62. The Morgan fingerprint density at radius 3 is 2.44 bits per heavy atom. The molecule has 18 heavy (non-hydrogen) atoms. The Morgan fingerprint density at radius 1 is 1.28 bits per heavy atom. The fourth-order valence-electron chi connectivity index (χ4n) is 3.01. The SMILES string of the molecule is CC1CCC(N)(Cc2c(Cl)cccc2Cl)C(C)C1. The average molecular weight is 286 g/mol. The van der Waals surface area contributed by atoms with E-state index in [1.165, 1.54) is 12.8 Å². The summed E-state index contributed by atoms with van der Waals surface area (Å²) in [6.07, 6.45) is 4.22. The summed E-state index contributed by atoms with van der Waals surface area (Å²) in [7, 11) is 0.